The normalized spacial score (nSPS) is 12.6. The maximum absolute atomic E-state index is 11.0. The number of nitrogens with zero attached hydrogens (tertiary/aromatic N) is 1. The van der Waals surface area contributed by atoms with E-state index in [1.165, 1.54) is 0 Å². The summed E-state index contributed by atoms with van der Waals surface area (Å²) in [5.41, 5.74) is 2.89. The number of hydrogen-bond acceptors (Lipinski definition) is 4. The van der Waals surface area contributed by atoms with E-state index in [-0.39, 0.29) is 12.3 Å². The molecule has 0 atom stereocenters. The van der Waals surface area contributed by atoms with Gasteiger partial charge in [-0.3, -0.25) is 4.55 Å². The molecule has 0 unspecified atom stereocenters. The van der Waals surface area contributed by atoms with Crippen molar-refractivity contribution in [2.45, 2.75) is 13.5 Å². The van der Waals surface area contributed by atoms with Crippen LogP contribution in [-0.2, 0) is 16.7 Å². The van der Waals surface area contributed by atoms with E-state index in [9.17, 15) is 8.42 Å². The topological polar surface area (TPSA) is 84.5 Å². The molecule has 2 aromatic heterocycles. The van der Waals surface area contributed by atoms with Gasteiger partial charge in [-0.25, -0.2) is 0 Å². The summed E-state index contributed by atoms with van der Waals surface area (Å²) in [7, 11) is -4.03. The Morgan fingerprint density at radius 3 is 2.61 bits per heavy atom. The molecule has 0 aliphatic carbocycles. The molecule has 0 aliphatic rings. The molecule has 0 fully saturated rings. The standard InChI is InChI=1S/C16H13NO5S/c1-10-17(6-7-23(18,19)20)13-8-12-11-4-2-3-5-14(11)22-15(12)9-16(13)21-10/h2-5,8-9H,6-7H2,1H3/p+1. The average Bonchev–Trinajstić information content (AvgIpc) is 2.98. The summed E-state index contributed by atoms with van der Waals surface area (Å²) in [5.74, 6) is 0.206. The summed E-state index contributed by atoms with van der Waals surface area (Å²) < 4.78 is 44.3. The van der Waals surface area contributed by atoms with Gasteiger partial charge in [0, 0.05) is 22.9 Å². The summed E-state index contributed by atoms with van der Waals surface area (Å²) in [6.45, 7) is 1.88. The second-order valence-electron chi connectivity index (χ2n) is 5.47. The van der Waals surface area contributed by atoms with Gasteiger partial charge in [-0.05, 0) is 6.07 Å². The zero-order valence-electron chi connectivity index (χ0n) is 12.3. The molecule has 7 heteroatoms. The zero-order valence-corrected chi connectivity index (χ0v) is 13.1. The van der Waals surface area contributed by atoms with Crippen LogP contribution in [0.15, 0.2) is 45.2 Å². The summed E-state index contributed by atoms with van der Waals surface area (Å²) in [6.07, 6.45) is 0. The molecule has 0 amide bonds. The molecule has 4 rings (SSSR count). The molecule has 2 aromatic carbocycles. The molecule has 6 nitrogen and oxygen atoms in total. The molecule has 4 aromatic rings. The Bertz CT molecular complexity index is 1150. The van der Waals surface area contributed by atoms with Crippen molar-refractivity contribution < 1.29 is 26.4 Å². The minimum Gasteiger partial charge on any atom is -0.456 e. The highest BCUT2D eigenvalue weighted by Crippen LogP contribution is 2.31. The van der Waals surface area contributed by atoms with Crippen molar-refractivity contribution in [3.8, 4) is 0 Å². The highest BCUT2D eigenvalue weighted by molar-refractivity contribution is 7.85. The first-order valence-corrected chi connectivity index (χ1v) is 8.73. The van der Waals surface area contributed by atoms with E-state index in [0.29, 0.717) is 11.5 Å². The Morgan fingerprint density at radius 2 is 1.83 bits per heavy atom. The van der Waals surface area contributed by atoms with E-state index in [1.807, 2.05) is 36.4 Å². The molecule has 1 N–H and O–H groups in total. The van der Waals surface area contributed by atoms with Crippen molar-refractivity contribution in [3.05, 3.63) is 42.3 Å². The van der Waals surface area contributed by atoms with Crippen molar-refractivity contribution in [2.24, 2.45) is 0 Å². The first-order valence-electron chi connectivity index (χ1n) is 7.12. The minimum atomic E-state index is -4.03. The lowest BCUT2D eigenvalue weighted by molar-refractivity contribution is -0.678. The summed E-state index contributed by atoms with van der Waals surface area (Å²) in [5, 5.41) is 1.93. The van der Waals surface area contributed by atoms with Crippen LogP contribution < -0.4 is 4.57 Å². The highest BCUT2D eigenvalue weighted by Gasteiger charge is 2.23. The monoisotopic (exact) mass is 332 g/mol. The Balaban J connectivity index is 1.96. The predicted molar refractivity (Wildman–Crippen MR) is 84.8 cm³/mol. The van der Waals surface area contributed by atoms with Crippen LogP contribution in [-0.4, -0.2) is 18.7 Å². The number of hydrogen-bond donors (Lipinski definition) is 1. The van der Waals surface area contributed by atoms with Crippen LogP contribution >= 0.6 is 0 Å². The van der Waals surface area contributed by atoms with Crippen LogP contribution in [0.25, 0.3) is 33.0 Å². The van der Waals surface area contributed by atoms with Crippen molar-refractivity contribution in [3.63, 3.8) is 0 Å². The first kappa shape index (κ1) is 14.2. The van der Waals surface area contributed by atoms with Crippen molar-refractivity contribution in [1.82, 2.24) is 0 Å². The molecular weight excluding hydrogens is 318 g/mol. The molecule has 0 spiro atoms. The fraction of sp³-hybridized carbons (Fsp3) is 0.188. The number of furan rings is 1. The quantitative estimate of drug-likeness (QED) is 0.461. The second-order valence-corrected chi connectivity index (χ2v) is 7.05. The molecule has 0 bridgehead atoms. The van der Waals surface area contributed by atoms with Gasteiger partial charge in [0.1, 0.15) is 16.9 Å². The van der Waals surface area contributed by atoms with Crippen molar-refractivity contribution in [1.29, 1.82) is 0 Å². The van der Waals surface area contributed by atoms with Gasteiger partial charge in [0.05, 0.1) is 6.92 Å². The number of rotatable bonds is 3. The van der Waals surface area contributed by atoms with Crippen molar-refractivity contribution in [2.75, 3.05) is 5.75 Å². The number of benzene rings is 2. The molecule has 23 heavy (non-hydrogen) atoms. The van der Waals surface area contributed by atoms with E-state index < -0.39 is 10.1 Å². The Labute approximate surface area is 131 Å². The van der Waals surface area contributed by atoms with Gasteiger partial charge in [0.25, 0.3) is 15.6 Å². The summed E-state index contributed by atoms with van der Waals surface area (Å²) >= 11 is 0. The fourth-order valence-corrected chi connectivity index (χ4v) is 3.32. The van der Waals surface area contributed by atoms with Crippen molar-refractivity contribution >= 4 is 43.2 Å². The van der Waals surface area contributed by atoms with E-state index >= 15 is 0 Å². The highest BCUT2D eigenvalue weighted by atomic mass is 32.2. The Hall–Kier alpha value is -2.38. The molecule has 2 heterocycles. The summed E-state index contributed by atoms with van der Waals surface area (Å²) in [4.78, 5) is 0. The molecule has 0 radical (unpaired) electrons. The Morgan fingerprint density at radius 1 is 1.04 bits per heavy atom. The fourth-order valence-electron chi connectivity index (χ4n) is 2.90. The van der Waals surface area contributed by atoms with Crippen LogP contribution in [0.3, 0.4) is 0 Å². The van der Waals surface area contributed by atoms with Crippen LogP contribution in [0.5, 0.6) is 0 Å². The third-order valence-electron chi connectivity index (χ3n) is 3.96. The smallest absolute Gasteiger partial charge is 0.344 e. The van der Waals surface area contributed by atoms with Gasteiger partial charge in [0.2, 0.25) is 5.58 Å². The average molecular weight is 332 g/mol. The lowest BCUT2D eigenvalue weighted by Gasteiger charge is -1.94. The first-order chi connectivity index (χ1) is 10.9. The lowest BCUT2D eigenvalue weighted by atomic mass is 10.1. The third-order valence-corrected chi connectivity index (χ3v) is 4.66. The Kier molecular flexibility index (Phi) is 2.97. The number of oxazole rings is 1. The number of para-hydroxylation sites is 1. The SMILES string of the molecule is Cc1oc2cc3oc4ccccc4c3cc2[n+]1CCS(=O)(=O)O. The molecule has 0 saturated carbocycles. The van der Waals surface area contributed by atoms with Gasteiger partial charge in [0.15, 0.2) is 6.54 Å². The largest absolute Gasteiger partial charge is 0.456 e. The molecule has 118 valence electrons. The van der Waals surface area contributed by atoms with Crippen LogP contribution in [0.4, 0.5) is 0 Å². The number of aryl methyl sites for hydroxylation is 2. The van der Waals surface area contributed by atoms with Crippen LogP contribution in [0, 0.1) is 6.92 Å². The van der Waals surface area contributed by atoms with E-state index in [1.54, 1.807) is 11.5 Å². The van der Waals surface area contributed by atoms with E-state index in [0.717, 1.165) is 27.5 Å². The van der Waals surface area contributed by atoms with E-state index in [4.69, 9.17) is 13.4 Å². The van der Waals surface area contributed by atoms with E-state index in [2.05, 4.69) is 0 Å². The molecule has 0 aliphatic heterocycles. The van der Waals surface area contributed by atoms with Crippen LogP contribution in [0.2, 0.25) is 0 Å². The predicted octanol–water partition coefficient (Wildman–Crippen LogP) is 2.82. The molecule has 0 saturated heterocycles. The summed E-state index contributed by atoms with van der Waals surface area (Å²) in [6, 6.07) is 11.5. The van der Waals surface area contributed by atoms with Gasteiger partial charge in [-0.1, -0.05) is 18.2 Å². The van der Waals surface area contributed by atoms with Crippen LogP contribution in [0.1, 0.15) is 5.89 Å². The second kappa shape index (κ2) is 4.81. The number of aromatic nitrogens is 1. The maximum atomic E-state index is 11.0. The van der Waals surface area contributed by atoms with Gasteiger partial charge in [-0.15, -0.1) is 0 Å². The van der Waals surface area contributed by atoms with Gasteiger partial charge in [-0.2, -0.15) is 13.0 Å². The van der Waals surface area contributed by atoms with Gasteiger partial charge < -0.3 is 8.83 Å². The minimum absolute atomic E-state index is 0.124. The van der Waals surface area contributed by atoms with Gasteiger partial charge >= 0.3 is 5.89 Å². The lowest BCUT2D eigenvalue weighted by Crippen LogP contribution is -2.38. The maximum Gasteiger partial charge on any atom is 0.344 e. The third kappa shape index (κ3) is 2.38. The molecular formula is C16H14NO5S+. The zero-order chi connectivity index (χ0) is 16.2. The number of fused-ring (bicyclic) bond motifs is 4.